The number of fused-ring (bicyclic) bond motifs is 1. The molecule has 0 aliphatic heterocycles. The van der Waals surface area contributed by atoms with Crippen LogP contribution in [0.3, 0.4) is 0 Å². The van der Waals surface area contributed by atoms with E-state index in [4.69, 9.17) is 16.3 Å². The predicted octanol–water partition coefficient (Wildman–Crippen LogP) is 5.29. The third-order valence-corrected chi connectivity index (χ3v) is 6.24. The molecule has 0 saturated heterocycles. The van der Waals surface area contributed by atoms with Crippen LogP contribution in [0.4, 0.5) is 5.69 Å². The molecule has 0 saturated carbocycles. The Balaban J connectivity index is 1.87. The summed E-state index contributed by atoms with van der Waals surface area (Å²) in [4.78, 5) is 30.7. The first-order valence-corrected chi connectivity index (χ1v) is 11.9. The van der Waals surface area contributed by atoms with Crippen molar-refractivity contribution in [2.24, 2.45) is 0 Å². The topological polar surface area (TPSA) is 73.2 Å². The van der Waals surface area contributed by atoms with Crippen LogP contribution < -0.4 is 10.9 Å². The standard InChI is InChI=1S/C24H28ClN3O3S/c1-15(2)31-13-7-12-28-23(30)19-11-10-18(25)14-21(19)27-24(28)32-17(4)22(29)26-20-9-6-5-8-16(20)3/h5-6,8-11,14-15,17H,7,12-13H2,1-4H3,(H,26,29). The number of anilines is 1. The number of thioether (sulfide) groups is 1. The van der Waals surface area contributed by atoms with E-state index in [0.717, 1.165) is 11.3 Å². The van der Waals surface area contributed by atoms with E-state index in [9.17, 15) is 9.59 Å². The van der Waals surface area contributed by atoms with Crippen molar-refractivity contribution in [3.05, 3.63) is 63.4 Å². The second kappa shape index (κ2) is 11.0. The molecule has 1 N–H and O–H groups in total. The Bertz CT molecular complexity index is 1160. The lowest BCUT2D eigenvalue weighted by Gasteiger charge is -2.17. The SMILES string of the molecule is Cc1ccccc1NC(=O)C(C)Sc1nc2cc(Cl)ccc2c(=O)n1CCCOC(C)C. The van der Waals surface area contributed by atoms with Crippen LogP contribution in [0.1, 0.15) is 32.8 Å². The Labute approximate surface area is 197 Å². The van der Waals surface area contributed by atoms with Crippen LogP contribution in [-0.4, -0.2) is 33.4 Å². The molecule has 170 valence electrons. The summed E-state index contributed by atoms with van der Waals surface area (Å²) in [6.07, 6.45) is 0.790. The molecule has 0 fully saturated rings. The minimum atomic E-state index is -0.462. The minimum Gasteiger partial charge on any atom is -0.379 e. The molecule has 32 heavy (non-hydrogen) atoms. The summed E-state index contributed by atoms with van der Waals surface area (Å²) in [6, 6.07) is 12.7. The largest absolute Gasteiger partial charge is 0.379 e. The van der Waals surface area contributed by atoms with Gasteiger partial charge >= 0.3 is 0 Å². The molecule has 6 nitrogen and oxygen atoms in total. The zero-order valence-corrected chi connectivity index (χ0v) is 20.3. The number of para-hydroxylation sites is 1. The number of carbonyl (C=O) groups excluding carboxylic acids is 1. The molecule has 8 heteroatoms. The maximum Gasteiger partial charge on any atom is 0.262 e. The number of ether oxygens (including phenoxy) is 1. The van der Waals surface area contributed by atoms with Crippen LogP contribution in [0.25, 0.3) is 10.9 Å². The summed E-state index contributed by atoms with van der Waals surface area (Å²) >= 11 is 7.38. The number of carbonyl (C=O) groups is 1. The van der Waals surface area contributed by atoms with Gasteiger partial charge in [0.05, 0.1) is 22.3 Å². The van der Waals surface area contributed by atoms with Gasteiger partial charge in [-0.05, 0) is 63.9 Å². The Hall–Kier alpha value is -2.35. The number of aryl methyl sites for hydroxylation is 1. The molecule has 1 atom stereocenters. The van der Waals surface area contributed by atoms with Gasteiger partial charge in [0.15, 0.2) is 5.16 Å². The summed E-state index contributed by atoms with van der Waals surface area (Å²) in [5, 5.41) is 3.99. The first-order chi connectivity index (χ1) is 15.3. The monoisotopic (exact) mass is 473 g/mol. The molecule has 1 unspecified atom stereocenters. The van der Waals surface area contributed by atoms with Gasteiger partial charge in [0.25, 0.3) is 5.56 Å². The van der Waals surface area contributed by atoms with Gasteiger partial charge in [-0.1, -0.05) is 41.6 Å². The van der Waals surface area contributed by atoms with Crippen LogP contribution in [0.5, 0.6) is 0 Å². The fraction of sp³-hybridized carbons (Fsp3) is 0.375. The van der Waals surface area contributed by atoms with E-state index in [2.05, 4.69) is 10.3 Å². The van der Waals surface area contributed by atoms with Crippen LogP contribution in [0.15, 0.2) is 52.4 Å². The summed E-state index contributed by atoms with van der Waals surface area (Å²) in [5.74, 6) is -0.153. The van der Waals surface area contributed by atoms with Crippen LogP contribution in [-0.2, 0) is 16.1 Å². The van der Waals surface area contributed by atoms with E-state index in [1.54, 1.807) is 29.7 Å². The Morgan fingerprint density at radius 2 is 1.97 bits per heavy atom. The number of rotatable bonds is 9. The minimum absolute atomic E-state index is 0.127. The molecule has 0 bridgehead atoms. The van der Waals surface area contributed by atoms with Gasteiger partial charge in [0.2, 0.25) is 5.91 Å². The lowest BCUT2D eigenvalue weighted by Crippen LogP contribution is -2.27. The summed E-state index contributed by atoms with van der Waals surface area (Å²) in [5.41, 5.74) is 2.13. The molecule has 1 heterocycles. The van der Waals surface area contributed by atoms with Gasteiger partial charge in [-0.25, -0.2) is 4.98 Å². The molecule has 0 radical (unpaired) electrons. The molecule has 3 aromatic rings. The highest BCUT2D eigenvalue weighted by Crippen LogP contribution is 2.25. The van der Waals surface area contributed by atoms with Crippen LogP contribution in [0.2, 0.25) is 5.02 Å². The maximum absolute atomic E-state index is 13.2. The lowest BCUT2D eigenvalue weighted by atomic mass is 10.2. The number of nitrogens with one attached hydrogen (secondary N) is 1. The molecular formula is C24H28ClN3O3S. The van der Waals surface area contributed by atoms with E-state index in [1.165, 1.54) is 11.8 Å². The van der Waals surface area contributed by atoms with Crippen molar-refractivity contribution in [3.8, 4) is 0 Å². The van der Waals surface area contributed by atoms with Gasteiger partial charge in [0, 0.05) is 23.9 Å². The Morgan fingerprint density at radius 1 is 1.22 bits per heavy atom. The number of hydrogen-bond acceptors (Lipinski definition) is 5. The quantitative estimate of drug-likeness (QED) is 0.259. The van der Waals surface area contributed by atoms with Gasteiger partial charge in [-0.2, -0.15) is 0 Å². The van der Waals surface area contributed by atoms with Crippen molar-refractivity contribution < 1.29 is 9.53 Å². The zero-order chi connectivity index (χ0) is 23.3. The van der Waals surface area contributed by atoms with Crippen LogP contribution >= 0.6 is 23.4 Å². The van der Waals surface area contributed by atoms with Crippen molar-refractivity contribution in [2.75, 3.05) is 11.9 Å². The lowest BCUT2D eigenvalue weighted by molar-refractivity contribution is -0.115. The highest BCUT2D eigenvalue weighted by Gasteiger charge is 2.20. The number of hydrogen-bond donors (Lipinski definition) is 1. The molecule has 1 amide bonds. The second-order valence-electron chi connectivity index (χ2n) is 7.85. The molecule has 0 aliphatic carbocycles. The third kappa shape index (κ3) is 6.12. The molecule has 0 spiro atoms. The Morgan fingerprint density at radius 3 is 2.69 bits per heavy atom. The second-order valence-corrected chi connectivity index (χ2v) is 9.59. The summed E-state index contributed by atoms with van der Waals surface area (Å²) < 4.78 is 7.25. The Kier molecular flexibility index (Phi) is 8.34. The van der Waals surface area contributed by atoms with E-state index < -0.39 is 5.25 Å². The molecule has 1 aromatic heterocycles. The van der Waals surface area contributed by atoms with E-state index in [1.807, 2.05) is 45.0 Å². The van der Waals surface area contributed by atoms with Gasteiger partial charge in [-0.3, -0.25) is 14.2 Å². The fourth-order valence-corrected chi connectivity index (χ4v) is 4.26. The van der Waals surface area contributed by atoms with E-state index in [-0.39, 0.29) is 17.6 Å². The number of amides is 1. The van der Waals surface area contributed by atoms with Crippen molar-refractivity contribution >= 4 is 45.9 Å². The van der Waals surface area contributed by atoms with Crippen LogP contribution in [0, 0.1) is 6.92 Å². The molecule has 2 aromatic carbocycles. The number of nitrogens with zero attached hydrogens (tertiary/aromatic N) is 2. The first-order valence-electron chi connectivity index (χ1n) is 10.6. The maximum atomic E-state index is 13.2. The third-order valence-electron chi connectivity index (χ3n) is 4.91. The molecule has 0 aliphatic rings. The van der Waals surface area contributed by atoms with Gasteiger partial charge in [-0.15, -0.1) is 0 Å². The van der Waals surface area contributed by atoms with Gasteiger partial charge < -0.3 is 10.1 Å². The molecule has 3 rings (SSSR count). The van der Waals surface area contributed by atoms with E-state index in [0.29, 0.717) is 40.7 Å². The predicted molar refractivity (Wildman–Crippen MR) is 132 cm³/mol. The molecular weight excluding hydrogens is 446 g/mol. The summed E-state index contributed by atoms with van der Waals surface area (Å²) in [7, 11) is 0. The summed E-state index contributed by atoms with van der Waals surface area (Å²) in [6.45, 7) is 8.69. The van der Waals surface area contributed by atoms with Crippen molar-refractivity contribution in [2.45, 2.75) is 57.2 Å². The zero-order valence-electron chi connectivity index (χ0n) is 18.7. The average molecular weight is 474 g/mol. The van der Waals surface area contributed by atoms with Crippen molar-refractivity contribution in [1.82, 2.24) is 9.55 Å². The highest BCUT2D eigenvalue weighted by atomic mass is 35.5. The number of benzene rings is 2. The van der Waals surface area contributed by atoms with Crippen molar-refractivity contribution in [3.63, 3.8) is 0 Å². The number of halogens is 1. The average Bonchev–Trinajstić information content (AvgIpc) is 2.74. The first kappa shape index (κ1) is 24.3. The number of aromatic nitrogens is 2. The van der Waals surface area contributed by atoms with Crippen molar-refractivity contribution in [1.29, 1.82) is 0 Å². The smallest absolute Gasteiger partial charge is 0.262 e. The van der Waals surface area contributed by atoms with E-state index >= 15 is 0 Å². The fourth-order valence-electron chi connectivity index (χ4n) is 3.16. The highest BCUT2D eigenvalue weighted by molar-refractivity contribution is 8.00. The van der Waals surface area contributed by atoms with Gasteiger partial charge in [0.1, 0.15) is 0 Å². The normalized spacial score (nSPS) is 12.3.